The smallest absolute Gasteiger partial charge is 0.337 e. The summed E-state index contributed by atoms with van der Waals surface area (Å²) in [6.45, 7) is 10.2. The third-order valence-corrected chi connectivity index (χ3v) is 2.94. The molecular formula is C10H21NO4Si. The van der Waals surface area contributed by atoms with Crippen molar-refractivity contribution in [3.8, 4) is 0 Å². The van der Waals surface area contributed by atoms with E-state index in [2.05, 4.69) is 24.4 Å². The molecule has 5 nitrogen and oxygen atoms in total. The molecule has 0 saturated carbocycles. The first kappa shape index (κ1) is 13.6. The van der Waals surface area contributed by atoms with Gasteiger partial charge in [0.15, 0.2) is 6.10 Å². The standard InChI is InChI=1S/C10H21NO4Si/c1-10(2)7-8(9(12)13-3)14-11(10)15-16(4,5)6/h8H,7H2,1-6H3. The van der Waals surface area contributed by atoms with Gasteiger partial charge >= 0.3 is 5.97 Å². The van der Waals surface area contributed by atoms with Crippen molar-refractivity contribution in [2.75, 3.05) is 7.11 Å². The molecule has 1 aliphatic rings. The summed E-state index contributed by atoms with van der Waals surface area (Å²) in [7, 11) is -0.375. The Morgan fingerprint density at radius 3 is 2.44 bits per heavy atom. The van der Waals surface area contributed by atoms with Crippen LogP contribution in [-0.2, 0) is 18.9 Å². The van der Waals surface area contributed by atoms with E-state index in [1.165, 1.54) is 12.3 Å². The molecule has 0 aromatic heterocycles. The van der Waals surface area contributed by atoms with Gasteiger partial charge in [0, 0.05) is 6.42 Å². The molecule has 1 heterocycles. The Bertz CT molecular complexity index is 274. The molecule has 0 bridgehead atoms. The molecule has 1 unspecified atom stereocenters. The number of hydrogen-bond acceptors (Lipinski definition) is 5. The average molecular weight is 247 g/mol. The Labute approximate surface area is 97.7 Å². The summed E-state index contributed by atoms with van der Waals surface area (Å²) in [5.41, 5.74) is -0.306. The van der Waals surface area contributed by atoms with E-state index in [0.29, 0.717) is 6.42 Å². The average Bonchev–Trinajstić information content (AvgIpc) is 2.38. The van der Waals surface area contributed by atoms with Crippen molar-refractivity contribution in [3.05, 3.63) is 0 Å². The number of hydroxylamine groups is 2. The molecule has 94 valence electrons. The quantitative estimate of drug-likeness (QED) is 0.561. The number of hydrogen-bond donors (Lipinski definition) is 0. The molecule has 1 atom stereocenters. The van der Waals surface area contributed by atoms with E-state index in [-0.39, 0.29) is 11.5 Å². The highest BCUT2D eigenvalue weighted by Gasteiger charge is 2.46. The molecule has 1 saturated heterocycles. The zero-order valence-corrected chi connectivity index (χ0v) is 11.9. The number of carbonyl (C=O) groups excluding carboxylic acids is 1. The highest BCUT2D eigenvalue weighted by atomic mass is 28.4. The molecule has 1 rings (SSSR count). The number of rotatable bonds is 3. The number of nitrogens with zero attached hydrogens (tertiary/aromatic N) is 1. The van der Waals surface area contributed by atoms with Crippen LogP contribution in [-0.4, -0.2) is 38.3 Å². The van der Waals surface area contributed by atoms with Gasteiger partial charge in [0.25, 0.3) is 0 Å². The predicted molar refractivity (Wildman–Crippen MR) is 61.9 cm³/mol. The van der Waals surface area contributed by atoms with Crippen LogP contribution in [0.25, 0.3) is 0 Å². The molecule has 0 N–H and O–H groups in total. The molecule has 16 heavy (non-hydrogen) atoms. The number of methoxy groups -OCH3 is 1. The second-order valence-electron chi connectivity index (χ2n) is 5.59. The fourth-order valence-corrected chi connectivity index (χ4v) is 2.26. The van der Waals surface area contributed by atoms with Crippen LogP contribution >= 0.6 is 0 Å². The van der Waals surface area contributed by atoms with Crippen LogP contribution in [0.2, 0.25) is 19.6 Å². The zero-order chi connectivity index (χ0) is 12.6. The summed E-state index contributed by atoms with van der Waals surface area (Å²) >= 11 is 0. The van der Waals surface area contributed by atoms with Crippen molar-refractivity contribution in [2.24, 2.45) is 0 Å². The van der Waals surface area contributed by atoms with Gasteiger partial charge in [-0.05, 0) is 33.5 Å². The summed E-state index contributed by atoms with van der Waals surface area (Å²) < 4.78 is 10.5. The lowest BCUT2D eigenvalue weighted by Gasteiger charge is -2.32. The number of esters is 1. The van der Waals surface area contributed by atoms with Crippen molar-refractivity contribution in [3.63, 3.8) is 0 Å². The van der Waals surface area contributed by atoms with E-state index in [1.54, 1.807) is 0 Å². The van der Waals surface area contributed by atoms with Crippen molar-refractivity contribution in [1.82, 2.24) is 5.23 Å². The van der Waals surface area contributed by atoms with Gasteiger partial charge in [-0.25, -0.2) is 4.79 Å². The summed E-state index contributed by atoms with van der Waals surface area (Å²) in [5.74, 6) is -0.352. The molecule has 0 radical (unpaired) electrons. The SMILES string of the molecule is COC(=O)C1CC(C)(C)N(O[Si](C)(C)C)O1. The third kappa shape index (κ3) is 3.28. The van der Waals surface area contributed by atoms with E-state index in [4.69, 9.17) is 9.36 Å². The molecule has 6 heteroatoms. The van der Waals surface area contributed by atoms with Gasteiger partial charge in [-0.1, -0.05) is 5.23 Å². The lowest BCUT2D eigenvalue weighted by molar-refractivity contribution is -0.340. The molecule has 0 spiro atoms. The molecule has 0 aliphatic carbocycles. The van der Waals surface area contributed by atoms with E-state index < -0.39 is 14.4 Å². The lowest BCUT2D eigenvalue weighted by atomic mass is 9.99. The largest absolute Gasteiger partial charge is 0.467 e. The Kier molecular flexibility index (Phi) is 3.78. The number of carbonyl (C=O) groups is 1. The molecule has 0 aromatic rings. The van der Waals surface area contributed by atoms with E-state index in [0.717, 1.165) is 0 Å². The summed E-state index contributed by atoms with van der Waals surface area (Å²) in [6, 6.07) is 0. The Morgan fingerprint density at radius 1 is 1.44 bits per heavy atom. The Morgan fingerprint density at radius 2 is 2.00 bits per heavy atom. The monoisotopic (exact) mass is 247 g/mol. The van der Waals surface area contributed by atoms with E-state index >= 15 is 0 Å². The highest BCUT2D eigenvalue weighted by Crippen LogP contribution is 2.33. The molecule has 0 amide bonds. The summed E-state index contributed by atoms with van der Waals surface area (Å²) in [6.07, 6.45) is 0.0146. The van der Waals surface area contributed by atoms with Crippen molar-refractivity contribution in [2.45, 2.75) is 51.6 Å². The predicted octanol–water partition coefficient (Wildman–Crippen LogP) is 1.71. The van der Waals surface area contributed by atoms with Crippen LogP contribution < -0.4 is 0 Å². The zero-order valence-electron chi connectivity index (χ0n) is 10.9. The first-order chi connectivity index (χ1) is 7.15. The molecule has 0 aromatic carbocycles. The fraction of sp³-hybridized carbons (Fsp3) is 0.900. The summed E-state index contributed by atoms with van der Waals surface area (Å²) in [4.78, 5) is 16.9. The maximum absolute atomic E-state index is 11.4. The van der Waals surface area contributed by atoms with Crippen LogP contribution in [0.5, 0.6) is 0 Å². The lowest BCUT2D eigenvalue weighted by Crippen LogP contribution is -2.44. The number of ether oxygens (including phenoxy) is 1. The van der Waals surface area contributed by atoms with Crippen LogP contribution in [0, 0.1) is 0 Å². The van der Waals surface area contributed by atoms with Gasteiger partial charge in [-0.3, -0.25) is 4.84 Å². The molecule has 1 fully saturated rings. The van der Waals surface area contributed by atoms with E-state index in [9.17, 15) is 4.79 Å². The Balaban J connectivity index is 2.70. The van der Waals surface area contributed by atoms with Crippen LogP contribution in [0.3, 0.4) is 0 Å². The first-order valence-corrected chi connectivity index (χ1v) is 8.80. The van der Waals surface area contributed by atoms with Gasteiger partial charge < -0.3 is 9.26 Å². The second-order valence-corrected chi connectivity index (χ2v) is 10.0. The van der Waals surface area contributed by atoms with Gasteiger partial charge in [0.2, 0.25) is 8.32 Å². The van der Waals surface area contributed by atoms with Gasteiger partial charge in [0.05, 0.1) is 12.6 Å². The third-order valence-electron chi connectivity index (χ3n) is 2.22. The minimum atomic E-state index is -1.74. The Hall–Kier alpha value is -0.433. The van der Waals surface area contributed by atoms with Crippen molar-refractivity contribution < 1.29 is 18.9 Å². The minimum Gasteiger partial charge on any atom is -0.467 e. The molecule has 1 aliphatic heterocycles. The van der Waals surface area contributed by atoms with Crippen LogP contribution in [0.15, 0.2) is 0 Å². The van der Waals surface area contributed by atoms with Gasteiger partial charge in [-0.2, -0.15) is 0 Å². The first-order valence-electron chi connectivity index (χ1n) is 5.40. The van der Waals surface area contributed by atoms with Crippen molar-refractivity contribution >= 4 is 14.3 Å². The van der Waals surface area contributed by atoms with Gasteiger partial charge in [-0.15, -0.1) is 0 Å². The summed E-state index contributed by atoms with van der Waals surface area (Å²) in [5, 5.41) is 1.47. The normalized spacial score (nSPS) is 25.8. The minimum absolute atomic E-state index is 0.306. The van der Waals surface area contributed by atoms with E-state index in [1.807, 2.05) is 13.8 Å². The van der Waals surface area contributed by atoms with Crippen LogP contribution in [0.4, 0.5) is 0 Å². The van der Waals surface area contributed by atoms with Crippen molar-refractivity contribution in [1.29, 1.82) is 0 Å². The molecular weight excluding hydrogens is 226 g/mol. The second kappa shape index (κ2) is 4.44. The topological polar surface area (TPSA) is 48.0 Å². The van der Waals surface area contributed by atoms with Gasteiger partial charge in [0.1, 0.15) is 0 Å². The fourth-order valence-electron chi connectivity index (χ4n) is 1.48. The maximum Gasteiger partial charge on any atom is 0.337 e. The van der Waals surface area contributed by atoms with Crippen LogP contribution in [0.1, 0.15) is 20.3 Å². The maximum atomic E-state index is 11.4. The highest BCUT2D eigenvalue weighted by molar-refractivity contribution is 6.69.